The van der Waals surface area contributed by atoms with Gasteiger partial charge >= 0.3 is 0 Å². The normalized spacial score (nSPS) is 20.7. The Labute approximate surface area is 190 Å². The topological polar surface area (TPSA) is 79.0 Å². The number of ether oxygens (including phenoxy) is 1. The summed E-state index contributed by atoms with van der Waals surface area (Å²) in [5.41, 5.74) is 2.27. The van der Waals surface area contributed by atoms with Crippen LogP contribution in [0.4, 0.5) is 0 Å². The van der Waals surface area contributed by atoms with E-state index in [2.05, 4.69) is 22.3 Å². The summed E-state index contributed by atoms with van der Waals surface area (Å²) < 4.78 is 32.7. The Morgan fingerprint density at radius 2 is 1.75 bits per heavy atom. The van der Waals surface area contributed by atoms with Crippen molar-refractivity contribution in [3.05, 3.63) is 65.7 Å². The highest BCUT2D eigenvalue weighted by atomic mass is 32.2. The van der Waals surface area contributed by atoms with E-state index < -0.39 is 10.0 Å². The summed E-state index contributed by atoms with van der Waals surface area (Å²) in [7, 11) is -3.58. The average molecular weight is 458 g/mol. The van der Waals surface area contributed by atoms with Gasteiger partial charge in [-0.1, -0.05) is 42.5 Å². The van der Waals surface area contributed by atoms with Crippen molar-refractivity contribution in [2.45, 2.75) is 30.8 Å². The van der Waals surface area contributed by atoms with E-state index in [0.717, 1.165) is 38.4 Å². The van der Waals surface area contributed by atoms with Crippen molar-refractivity contribution >= 4 is 15.9 Å². The molecular weight excluding hydrogens is 426 g/mol. The van der Waals surface area contributed by atoms with E-state index in [1.807, 2.05) is 12.1 Å². The van der Waals surface area contributed by atoms with E-state index in [0.29, 0.717) is 25.9 Å². The van der Waals surface area contributed by atoms with E-state index in [1.165, 1.54) is 9.87 Å². The second kappa shape index (κ2) is 10.6. The number of sulfonamides is 1. The van der Waals surface area contributed by atoms with Crippen LogP contribution in [0.25, 0.3) is 0 Å². The van der Waals surface area contributed by atoms with Crippen LogP contribution in [0.2, 0.25) is 0 Å². The molecule has 0 bridgehead atoms. The molecule has 172 valence electrons. The largest absolute Gasteiger partial charge is 0.379 e. The Balaban J connectivity index is 1.32. The lowest BCUT2D eigenvalue weighted by Gasteiger charge is -2.31. The van der Waals surface area contributed by atoms with E-state index in [4.69, 9.17) is 4.74 Å². The first kappa shape index (κ1) is 22.9. The second-order valence-corrected chi connectivity index (χ2v) is 10.4. The molecule has 8 heteroatoms. The lowest BCUT2D eigenvalue weighted by Crippen LogP contribution is -2.45. The van der Waals surface area contributed by atoms with Gasteiger partial charge in [-0.05, 0) is 36.1 Å². The highest BCUT2D eigenvalue weighted by molar-refractivity contribution is 7.89. The molecule has 2 aliphatic rings. The van der Waals surface area contributed by atoms with E-state index in [-0.39, 0.29) is 23.3 Å². The molecule has 2 aliphatic heterocycles. The number of rotatable bonds is 7. The van der Waals surface area contributed by atoms with Crippen LogP contribution in [-0.2, 0) is 32.6 Å². The molecule has 0 saturated carbocycles. The predicted molar refractivity (Wildman–Crippen MR) is 122 cm³/mol. The maximum atomic E-state index is 12.9. The predicted octanol–water partition coefficient (Wildman–Crippen LogP) is 2.24. The van der Waals surface area contributed by atoms with E-state index in [9.17, 15) is 13.2 Å². The van der Waals surface area contributed by atoms with Gasteiger partial charge in [-0.15, -0.1) is 0 Å². The number of nitrogens with zero attached hydrogens (tertiary/aromatic N) is 2. The zero-order chi connectivity index (χ0) is 22.4. The Kier molecular flexibility index (Phi) is 7.57. The first-order valence-corrected chi connectivity index (χ1v) is 12.7. The Morgan fingerprint density at radius 3 is 2.53 bits per heavy atom. The molecule has 0 radical (unpaired) electrons. The minimum Gasteiger partial charge on any atom is -0.379 e. The third-order valence-electron chi connectivity index (χ3n) is 6.10. The molecule has 2 heterocycles. The van der Waals surface area contributed by atoms with Gasteiger partial charge in [-0.25, -0.2) is 8.42 Å². The quantitative estimate of drug-likeness (QED) is 0.690. The number of benzene rings is 2. The molecule has 32 heavy (non-hydrogen) atoms. The Hall–Kier alpha value is -2.26. The summed E-state index contributed by atoms with van der Waals surface area (Å²) in [6.45, 7) is 5.40. The molecule has 2 aromatic rings. The zero-order valence-electron chi connectivity index (χ0n) is 18.3. The third kappa shape index (κ3) is 5.75. The van der Waals surface area contributed by atoms with Crippen LogP contribution >= 0.6 is 0 Å². The van der Waals surface area contributed by atoms with Crippen LogP contribution in [0.15, 0.2) is 59.5 Å². The summed E-state index contributed by atoms with van der Waals surface area (Å²) in [6.07, 6.45) is 1.38. The van der Waals surface area contributed by atoms with Gasteiger partial charge in [0.1, 0.15) is 0 Å². The minimum atomic E-state index is -3.58. The molecule has 1 atom stereocenters. The molecule has 2 aromatic carbocycles. The first-order valence-electron chi connectivity index (χ1n) is 11.2. The van der Waals surface area contributed by atoms with Crippen molar-refractivity contribution in [2.24, 2.45) is 5.92 Å². The van der Waals surface area contributed by atoms with Crippen molar-refractivity contribution in [1.82, 2.24) is 14.5 Å². The van der Waals surface area contributed by atoms with Gasteiger partial charge in [0.2, 0.25) is 15.9 Å². The third-order valence-corrected chi connectivity index (χ3v) is 7.98. The standard InChI is InChI=1S/C24H31N3O4S/c28-24(22-8-5-11-27(19-22)32(29,30)23-9-2-1-3-10-23)25-17-20-6-4-7-21(16-20)18-26-12-14-31-15-13-26/h1-4,6-7,9-10,16,22H,5,8,11-15,17-19H2,(H,25,28)/t22-/m0/s1. The smallest absolute Gasteiger partial charge is 0.243 e. The molecule has 0 aliphatic carbocycles. The van der Waals surface area contributed by atoms with Crippen LogP contribution in [0, 0.1) is 5.92 Å². The SMILES string of the molecule is O=C(NCc1cccc(CN2CCOCC2)c1)[C@H]1CCCN(S(=O)(=O)c2ccccc2)C1. The Morgan fingerprint density at radius 1 is 1.00 bits per heavy atom. The van der Waals surface area contributed by atoms with Gasteiger partial charge in [-0.2, -0.15) is 4.31 Å². The summed E-state index contributed by atoms with van der Waals surface area (Å²) in [4.78, 5) is 15.5. The zero-order valence-corrected chi connectivity index (χ0v) is 19.1. The molecule has 1 N–H and O–H groups in total. The number of hydrogen-bond donors (Lipinski definition) is 1. The van der Waals surface area contributed by atoms with Crippen molar-refractivity contribution in [3.63, 3.8) is 0 Å². The number of amides is 1. The van der Waals surface area contributed by atoms with Crippen molar-refractivity contribution in [1.29, 1.82) is 0 Å². The minimum absolute atomic E-state index is 0.0865. The summed E-state index contributed by atoms with van der Waals surface area (Å²) in [5.74, 6) is -0.421. The van der Waals surface area contributed by atoms with Gasteiger partial charge in [0, 0.05) is 39.3 Å². The van der Waals surface area contributed by atoms with Crippen molar-refractivity contribution in [2.75, 3.05) is 39.4 Å². The highest BCUT2D eigenvalue weighted by Gasteiger charge is 2.33. The average Bonchev–Trinajstić information content (AvgIpc) is 2.84. The lowest BCUT2D eigenvalue weighted by molar-refractivity contribution is -0.126. The van der Waals surface area contributed by atoms with Crippen LogP contribution in [0.3, 0.4) is 0 Å². The Bertz CT molecular complexity index is 1010. The van der Waals surface area contributed by atoms with Crippen molar-refractivity contribution in [3.8, 4) is 0 Å². The monoisotopic (exact) mass is 457 g/mol. The number of carbonyl (C=O) groups excluding carboxylic acids is 1. The molecule has 0 aromatic heterocycles. The summed E-state index contributed by atoms with van der Waals surface area (Å²) >= 11 is 0. The molecular formula is C24H31N3O4S. The second-order valence-electron chi connectivity index (χ2n) is 8.44. The number of carbonyl (C=O) groups is 1. The van der Waals surface area contributed by atoms with Gasteiger partial charge in [0.05, 0.1) is 24.0 Å². The lowest BCUT2D eigenvalue weighted by atomic mass is 9.98. The van der Waals surface area contributed by atoms with Crippen LogP contribution < -0.4 is 5.32 Å². The molecule has 2 saturated heterocycles. The van der Waals surface area contributed by atoms with E-state index in [1.54, 1.807) is 30.3 Å². The molecule has 1 amide bonds. The summed E-state index contributed by atoms with van der Waals surface area (Å²) in [5, 5.41) is 3.02. The van der Waals surface area contributed by atoms with Gasteiger partial charge in [-0.3, -0.25) is 9.69 Å². The molecule has 4 rings (SSSR count). The number of nitrogens with one attached hydrogen (secondary N) is 1. The summed E-state index contributed by atoms with van der Waals surface area (Å²) in [6, 6.07) is 16.7. The fourth-order valence-electron chi connectivity index (χ4n) is 4.31. The maximum Gasteiger partial charge on any atom is 0.243 e. The van der Waals surface area contributed by atoms with Crippen molar-refractivity contribution < 1.29 is 17.9 Å². The van der Waals surface area contributed by atoms with Crippen LogP contribution in [-0.4, -0.2) is 62.9 Å². The van der Waals surface area contributed by atoms with Gasteiger partial charge in [0.15, 0.2) is 0 Å². The van der Waals surface area contributed by atoms with Gasteiger partial charge in [0.25, 0.3) is 0 Å². The van der Waals surface area contributed by atoms with Crippen LogP contribution in [0.1, 0.15) is 24.0 Å². The van der Waals surface area contributed by atoms with Crippen LogP contribution in [0.5, 0.6) is 0 Å². The van der Waals surface area contributed by atoms with E-state index >= 15 is 0 Å². The first-order chi connectivity index (χ1) is 15.5. The fourth-order valence-corrected chi connectivity index (χ4v) is 5.85. The number of hydrogen-bond acceptors (Lipinski definition) is 5. The molecule has 0 unspecified atom stereocenters. The van der Waals surface area contributed by atoms with Gasteiger partial charge < -0.3 is 10.1 Å². The molecule has 7 nitrogen and oxygen atoms in total. The molecule has 2 fully saturated rings. The maximum absolute atomic E-state index is 12.9. The fraction of sp³-hybridized carbons (Fsp3) is 0.458. The molecule has 0 spiro atoms. The number of piperidine rings is 1. The number of morpholine rings is 1. The highest BCUT2D eigenvalue weighted by Crippen LogP contribution is 2.24.